The predicted molar refractivity (Wildman–Crippen MR) is 154 cm³/mol. The first-order valence-electron chi connectivity index (χ1n) is 12.9. The molecule has 0 fully saturated rings. The van der Waals surface area contributed by atoms with Gasteiger partial charge >= 0.3 is 12.1 Å². The van der Waals surface area contributed by atoms with Gasteiger partial charge in [0.2, 0.25) is 5.82 Å². The Balaban J connectivity index is 1.62. The van der Waals surface area contributed by atoms with Gasteiger partial charge in [-0.05, 0) is 36.8 Å². The number of hydrogen-bond acceptors (Lipinski definition) is 9. The average Bonchev–Trinajstić information content (AvgIpc) is 3.58. The van der Waals surface area contributed by atoms with Crippen LogP contribution in [0, 0.1) is 0 Å². The molecule has 0 radical (unpaired) electrons. The van der Waals surface area contributed by atoms with E-state index in [-0.39, 0.29) is 30.3 Å². The second-order valence-corrected chi connectivity index (χ2v) is 11.9. The van der Waals surface area contributed by atoms with Crippen LogP contribution in [0.2, 0.25) is 5.02 Å². The zero-order valence-electron chi connectivity index (χ0n) is 22.8. The van der Waals surface area contributed by atoms with E-state index < -0.39 is 22.5 Å². The summed E-state index contributed by atoms with van der Waals surface area (Å²) in [6.45, 7) is 2.04. The van der Waals surface area contributed by atoms with Crippen LogP contribution in [0.1, 0.15) is 57.3 Å². The van der Waals surface area contributed by atoms with Gasteiger partial charge in [-0.3, -0.25) is 9.36 Å². The standard InChI is InChI=1S/C28H26ClF3N4O4S2/c1-4-40-23(37)11-9-16-14-41-22(33-16)13-21-26-34-35-27(28(30,31)32)36(26)19-10-8-15(29)12-18(19)25(42-21)17-6-5-7-20(38-2)24(17)39-3/h5-8,10,12,14,21,25H,4,9,11,13H2,1-3H3. The highest BCUT2D eigenvalue weighted by Crippen LogP contribution is 2.54. The summed E-state index contributed by atoms with van der Waals surface area (Å²) >= 11 is 9.20. The van der Waals surface area contributed by atoms with Crippen molar-refractivity contribution in [3.8, 4) is 17.2 Å². The van der Waals surface area contributed by atoms with E-state index >= 15 is 0 Å². The highest BCUT2D eigenvalue weighted by atomic mass is 35.5. The number of para-hydroxylation sites is 1. The number of fused-ring (bicyclic) bond motifs is 3. The quantitative estimate of drug-likeness (QED) is 0.181. The van der Waals surface area contributed by atoms with Crippen LogP contribution in [0.5, 0.6) is 11.5 Å². The molecule has 0 amide bonds. The molecule has 8 nitrogen and oxygen atoms in total. The maximum Gasteiger partial charge on any atom is 0.452 e. The number of benzene rings is 2. The third-order valence-corrected chi connectivity index (χ3v) is 9.25. The summed E-state index contributed by atoms with van der Waals surface area (Å²) in [6, 6.07) is 10.2. The first-order chi connectivity index (χ1) is 20.1. The molecule has 5 rings (SSSR count). The predicted octanol–water partition coefficient (Wildman–Crippen LogP) is 7.03. The average molecular weight is 639 g/mol. The molecule has 3 heterocycles. The molecule has 14 heteroatoms. The van der Waals surface area contributed by atoms with Crippen molar-refractivity contribution in [3.63, 3.8) is 0 Å². The van der Waals surface area contributed by atoms with Crippen LogP contribution in [-0.2, 0) is 28.5 Å². The number of methoxy groups -OCH3 is 2. The first kappa shape index (κ1) is 30.2. The number of aryl methyl sites for hydroxylation is 1. The lowest BCUT2D eigenvalue weighted by atomic mass is 10.0. The number of carbonyl (C=O) groups excluding carboxylic acids is 1. The Kier molecular flexibility index (Phi) is 9.00. The van der Waals surface area contributed by atoms with Crippen LogP contribution in [0.15, 0.2) is 41.8 Å². The Hall–Kier alpha value is -3.29. The van der Waals surface area contributed by atoms with Crippen molar-refractivity contribution < 1.29 is 32.2 Å². The molecular formula is C28H26ClF3N4O4S2. The normalized spacial score (nSPS) is 16.4. The van der Waals surface area contributed by atoms with E-state index in [1.165, 1.54) is 37.3 Å². The van der Waals surface area contributed by atoms with Gasteiger partial charge in [0.1, 0.15) is 0 Å². The largest absolute Gasteiger partial charge is 0.493 e. The Morgan fingerprint density at radius 1 is 1.12 bits per heavy atom. The molecule has 1 aliphatic heterocycles. The topological polar surface area (TPSA) is 88.4 Å². The van der Waals surface area contributed by atoms with Crippen molar-refractivity contribution in [2.45, 2.75) is 42.9 Å². The van der Waals surface area contributed by atoms with E-state index in [9.17, 15) is 18.0 Å². The molecule has 222 valence electrons. The summed E-state index contributed by atoms with van der Waals surface area (Å²) in [5.41, 5.74) is 2.23. The molecule has 2 aromatic carbocycles. The van der Waals surface area contributed by atoms with Gasteiger partial charge in [-0.15, -0.1) is 33.3 Å². The van der Waals surface area contributed by atoms with Crippen molar-refractivity contribution in [1.29, 1.82) is 0 Å². The molecule has 4 aromatic rings. The second-order valence-electron chi connectivity index (χ2n) is 9.25. The molecule has 2 aromatic heterocycles. The fourth-order valence-corrected chi connectivity index (χ4v) is 7.53. The van der Waals surface area contributed by atoms with E-state index in [0.717, 1.165) is 4.57 Å². The van der Waals surface area contributed by atoms with Crippen LogP contribution in [0.4, 0.5) is 13.2 Å². The highest BCUT2D eigenvalue weighted by Gasteiger charge is 2.43. The number of ether oxygens (including phenoxy) is 3. The van der Waals surface area contributed by atoms with Crippen molar-refractivity contribution in [2.75, 3.05) is 20.8 Å². The van der Waals surface area contributed by atoms with Crippen molar-refractivity contribution in [2.24, 2.45) is 0 Å². The molecule has 0 aliphatic carbocycles. The fourth-order valence-electron chi connectivity index (χ4n) is 4.84. The maximum atomic E-state index is 14.3. The molecular weight excluding hydrogens is 613 g/mol. The number of alkyl halides is 3. The van der Waals surface area contributed by atoms with Crippen molar-refractivity contribution >= 4 is 40.7 Å². The van der Waals surface area contributed by atoms with Gasteiger partial charge in [0, 0.05) is 28.8 Å². The minimum absolute atomic E-state index is 0.142. The zero-order chi connectivity index (χ0) is 30.0. The minimum atomic E-state index is -4.76. The van der Waals surface area contributed by atoms with E-state index in [0.29, 0.717) is 51.4 Å². The molecule has 1 aliphatic rings. The molecule has 0 saturated heterocycles. The number of halogens is 4. The van der Waals surface area contributed by atoms with Gasteiger partial charge in [0.05, 0.1) is 54.1 Å². The fraction of sp³-hybridized carbons (Fsp3) is 0.357. The Morgan fingerprint density at radius 3 is 2.64 bits per heavy atom. The molecule has 2 atom stereocenters. The minimum Gasteiger partial charge on any atom is -0.493 e. The van der Waals surface area contributed by atoms with E-state index in [4.69, 9.17) is 25.8 Å². The molecule has 0 N–H and O–H groups in total. The number of thioether (sulfide) groups is 1. The lowest BCUT2D eigenvalue weighted by molar-refractivity contribution is -0.146. The number of nitrogens with zero attached hydrogens (tertiary/aromatic N) is 4. The number of thiazole rings is 1. The van der Waals surface area contributed by atoms with Gasteiger partial charge in [-0.25, -0.2) is 4.98 Å². The van der Waals surface area contributed by atoms with Crippen molar-refractivity contribution in [1.82, 2.24) is 19.7 Å². The van der Waals surface area contributed by atoms with E-state index in [1.54, 1.807) is 37.3 Å². The molecule has 0 bridgehead atoms. The summed E-state index contributed by atoms with van der Waals surface area (Å²) in [5, 5.41) is 9.45. The van der Waals surface area contributed by atoms with Gasteiger partial charge in [0.15, 0.2) is 17.3 Å². The van der Waals surface area contributed by atoms with Crippen LogP contribution in [0.25, 0.3) is 5.69 Å². The van der Waals surface area contributed by atoms with Gasteiger partial charge in [-0.2, -0.15) is 13.2 Å². The Bertz CT molecular complexity index is 1590. The lowest BCUT2D eigenvalue weighted by Gasteiger charge is -2.23. The SMILES string of the molecule is CCOC(=O)CCc1csc(CC2SC(c3cccc(OC)c3OC)c3cc(Cl)ccc3-n3c2nnc3C(F)(F)F)n1. The summed E-state index contributed by atoms with van der Waals surface area (Å²) in [4.78, 5) is 16.5. The number of rotatable bonds is 9. The molecule has 0 spiro atoms. The smallest absolute Gasteiger partial charge is 0.452 e. The summed E-state index contributed by atoms with van der Waals surface area (Å²) in [6.07, 6.45) is -3.90. The molecule has 42 heavy (non-hydrogen) atoms. The van der Waals surface area contributed by atoms with Crippen LogP contribution >= 0.6 is 34.7 Å². The van der Waals surface area contributed by atoms with E-state index in [1.807, 2.05) is 11.4 Å². The summed E-state index contributed by atoms with van der Waals surface area (Å²) in [5.74, 6) is -0.346. The Labute approximate surface area is 253 Å². The summed E-state index contributed by atoms with van der Waals surface area (Å²) in [7, 11) is 3.04. The van der Waals surface area contributed by atoms with Crippen molar-refractivity contribution in [3.05, 3.63) is 80.3 Å². The molecule has 0 saturated carbocycles. The van der Waals surface area contributed by atoms with Gasteiger partial charge in [0.25, 0.3) is 0 Å². The van der Waals surface area contributed by atoms with Crippen LogP contribution < -0.4 is 9.47 Å². The number of aromatic nitrogens is 4. The maximum absolute atomic E-state index is 14.3. The highest BCUT2D eigenvalue weighted by molar-refractivity contribution is 8.00. The molecule has 2 unspecified atom stereocenters. The summed E-state index contributed by atoms with van der Waals surface area (Å²) < 4.78 is 60.1. The first-order valence-corrected chi connectivity index (χ1v) is 15.1. The zero-order valence-corrected chi connectivity index (χ0v) is 25.2. The Morgan fingerprint density at radius 2 is 1.93 bits per heavy atom. The van der Waals surface area contributed by atoms with E-state index in [2.05, 4.69) is 15.2 Å². The van der Waals surface area contributed by atoms with Crippen LogP contribution in [-0.4, -0.2) is 46.5 Å². The third-order valence-electron chi connectivity index (χ3n) is 6.61. The number of carbonyl (C=O) groups is 1. The van der Waals surface area contributed by atoms with Gasteiger partial charge < -0.3 is 14.2 Å². The number of esters is 1. The lowest BCUT2D eigenvalue weighted by Crippen LogP contribution is -2.16. The monoisotopic (exact) mass is 638 g/mol. The third kappa shape index (κ3) is 6.09. The second kappa shape index (κ2) is 12.5. The van der Waals surface area contributed by atoms with Gasteiger partial charge in [-0.1, -0.05) is 23.7 Å². The van der Waals surface area contributed by atoms with Crippen LogP contribution in [0.3, 0.4) is 0 Å². The number of hydrogen-bond donors (Lipinski definition) is 0.